The van der Waals surface area contributed by atoms with Crippen LogP contribution in [-0.2, 0) is 4.74 Å². The number of hydrogen-bond acceptors (Lipinski definition) is 7. The monoisotopic (exact) mass is 343 g/mol. The molecule has 2 N–H and O–H groups in total. The molecule has 0 aliphatic heterocycles. The lowest BCUT2D eigenvalue weighted by Crippen LogP contribution is -2.05. The van der Waals surface area contributed by atoms with Crippen molar-refractivity contribution in [3.05, 3.63) is 47.1 Å². The molecule has 2 heterocycles. The van der Waals surface area contributed by atoms with E-state index >= 15 is 0 Å². The van der Waals surface area contributed by atoms with Gasteiger partial charge in [0.1, 0.15) is 17.0 Å². The van der Waals surface area contributed by atoms with Gasteiger partial charge in [-0.1, -0.05) is 6.07 Å². The third-order valence-corrected chi connectivity index (χ3v) is 4.12. The molecule has 3 aromatic rings. The van der Waals surface area contributed by atoms with Crippen molar-refractivity contribution in [2.45, 2.75) is 6.92 Å². The molecule has 0 saturated carbocycles. The minimum Gasteiger partial charge on any atom is -0.478 e. The zero-order valence-electron chi connectivity index (χ0n) is 12.6. The highest BCUT2D eigenvalue weighted by molar-refractivity contribution is 7.17. The third kappa shape index (κ3) is 3.04. The van der Waals surface area contributed by atoms with E-state index in [0.717, 1.165) is 0 Å². The van der Waals surface area contributed by atoms with Crippen molar-refractivity contribution in [1.29, 1.82) is 0 Å². The van der Waals surface area contributed by atoms with Crippen LogP contribution >= 0.6 is 11.3 Å². The van der Waals surface area contributed by atoms with Gasteiger partial charge in [-0.25, -0.2) is 19.6 Å². The van der Waals surface area contributed by atoms with Crippen LogP contribution in [0.1, 0.15) is 27.6 Å². The first kappa shape index (κ1) is 15.9. The molecule has 2 aromatic heterocycles. The predicted octanol–water partition coefficient (Wildman–Crippen LogP) is 3.31. The van der Waals surface area contributed by atoms with E-state index in [-0.39, 0.29) is 12.2 Å². The van der Waals surface area contributed by atoms with Gasteiger partial charge >= 0.3 is 11.9 Å². The normalized spacial score (nSPS) is 10.5. The molecule has 0 atom stereocenters. The number of rotatable bonds is 5. The number of carbonyl (C=O) groups is 2. The third-order valence-electron chi connectivity index (χ3n) is 3.24. The number of aromatic carboxylic acids is 1. The summed E-state index contributed by atoms with van der Waals surface area (Å²) in [6.07, 6.45) is 1.39. The molecule has 122 valence electrons. The summed E-state index contributed by atoms with van der Waals surface area (Å²) in [7, 11) is 0. The van der Waals surface area contributed by atoms with E-state index < -0.39 is 11.9 Å². The average molecular weight is 343 g/mol. The minimum absolute atomic E-state index is 0.154. The highest BCUT2D eigenvalue weighted by Crippen LogP contribution is 2.31. The Kier molecular flexibility index (Phi) is 4.39. The van der Waals surface area contributed by atoms with Crippen LogP contribution in [0.2, 0.25) is 0 Å². The van der Waals surface area contributed by atoms with Gasteiger partial charge in [-0.05, 0) is 25.1 Å². The fourth-order valence-electron chi connectivity index (χ4n) is 2.20. The van der Waals surface area contributed by atoms with Crippen LogP contribution < -0.4 is 5.32 Å². The van der Waals surface area contributed by atoms with Gasteiger partial charge in [0.25, 0.3) is 0 Å². The number of carboxylic acid groups (broad SMARTS) is 1. The molecule has 0 spiro atoms. The molecule has 8 heteroatoms. The Hall–Kier alpha value is -3.00. The number of hydrogen-bond donors (Lipinski definition) is 2. The molecule has 0 amide bonds. The zero-order chi connectivity index (χ0) is 17.1. The van der Waals surface area contributed by atoms with Crippen LogP contribution in [0.4, 0.5) is 11.5 Å². The molecular weight excluding hydrogens is 330 g/mol. The highest BCUT2D eigenvalue weighted by Gasteiger charge is 2.18. The quantitative estimate of drug-likeness (QED) is 0.685. The Morgan fingerprint density at radius 2 is 2.17 bits per heavy atom. The maximum Gasteiger partial charge on any atom is 0.339 e. The van der Waals surface area contributed by atoms with E-state index in [4.69, 9.17) is 9.84 Å². The topological polar surface area (TPSA) is 101 Å². The van der Waals surface area contributed by atoms with Crippen LogP contribution in [0, 0.1) is 0 Å². The molecule has 0 fully saturated rings. The number of nitrogens with zero attached hydrogens (tertiary/aromatic N) is 2. The fraction of sp³-hybridized carbons (Fsp3) is 0.125. The second kappa shape index (κ2) is 6.63. The number of thiophene rings is 1. The first-order chi connectivity index (χ1) is 11.6. The number of benzene rings is 1. The number of anilines is 2. The molecule has 0 radical (unpaired) electrons. The molecule has 3 rings (SSSR count). The number of nitrogens with one attached hydrogen (secondary N) is 1. The molecule has 0 unspecified atom stereocenters. The maximum atomic E-state index is 12.1. The summed E-state index contributed by atoms with van der Waals surface area (Å²) in [4.78, 5) is 32.2. The Morgan fingerprint density at radius 1 is 1.33 bits per heavy atom. The minimum atomic E-state index is -1.02. The molecule has 0 bridgehead atoms. The number of fused-ring (bicyclic) bond motifs is 1. The standard InChI is InChI=1S/C16H13N3O4S/c1-2-23-16(22)11-7-24-14-12(11)13(17-8-18-14)19-10-5-3-4-9(6-10)15(20)21/h3-8H,2H2,1H3,(H,20,21)(H,17,18,19). The highest BCUT2D eigenvalue weighted by atomic mass is 32.1. The molecule has 0 aliphatic rings. The number of aromatic nitrogens is 2. The second-order valence-electron chi connectivity index (χ2n) is 4.78. The first-order valence-corrected chi connectivity index (χ1v) is 7.97. The van der Waals surface area contributed by atoms with Gasteiger partial charge in [-0.2, -0.15) is 0 Å². The van der Waals surface area contributed by atoms with Gasteiger partial charge in [-0.15, -0.1) is 11.3 Å². The van der Waals surface area contributed by atoms with Crippen molar-refractivity contribution >= 4 is 45.0 Å². The Balaban J connectivity index is 2.03. The van der Waals surface area contributed by atoms with Gasteiger partial charge in [-0.3, -0.25) is 0 Å². The van der Waals surface area contributed by atoms with E-state index in [2.05, 4.69) is 15.3 Å². The van der Waals surface area contributed by atoms with Crippen LogP contribution in [0.25, 0.3) is 10.2 Å². The summed E-state index contributed by atoms with van der Waals surface area (Å²) in [5.74, 6) is -1.04. The van der Waals surface area contributed by atoms with Crippen molar-refractivity contribution < 1.29 is 19.4 Å². The Labute approximate surface area is 140 Å². The van der Waals surface area contributed by atoms with Gasteiger partial charge in [0, 0.05) is 11.1 Å². The fourth-order valence-corrected chi connectivity index (χ4v) is 3.07. The van der Waals surface area contributed by atoms with E-state index in [9.17, 15) is 9.59 Å². The summed E-state index contributed by atoms with van der Waals surface area (Å²) in [6, 6.07) is 6.34. The smallest absolute Gasteiger partial charge is 0.339 e. The average Bonchev–Trinajstić information content (AvgIpc) is 3.00. The summed E-state index contributed by atoms with van der Waals surface area (Å²) in [6.45, 7) is 2.01. The van der Waals surface area contributed by atoms with Gasteiger partial charge < -0.3 is 15.2 Å². The van der Waals surface area contributed by atoms with Crippen molar-refractivity contribution in [2.24, 2.45) is 0 Å². The van der Waals surface area contributed by atoms with Gasteiger partial charge in [0.15, 0.2) is 0 Å². The van der Waals surface area contributed by atoms with Crippen LogP contribution in [0.5, 0.6) is 0 Å². The number of carbonyl (C=O) groups excluding carboxylic acids is 1. The van der Waals surface area contributed by atoms with Crippen molar-refractivity contribution in [1.82, 2.24) is 9.97 Å². The number of esters is 1. The molecule has 1 aromatic carbocycles. The van der Waals surface area contributed by atoms with E-state index in [1.807, 2.05) is 0 Å². The van der Waals surface area contributed by atoms with Gasteiger partial charge in [0.2, 0.25) is 0 Å². The molecule has 7 nitrogen and oxygen atoms in total. The van der Waals surface area contributed by atoms with Crippen molar-refractivity contribution in [3.8, 4) is 0 Å². The predicted molar refractivity (Wildman–Crippen MR) is 90.1 cm³/mol. The largest absolute Gasteiger partial charge is 0.478 e. The van der Waals surface area contributed by atoms with E-state index in [1.54, 1.807) is 24.4 Å². The number of ether oxygens (including phenoxy) is 1. The molecule has 0 saturated heterocycles. The Morgan fingerprint density at radius 3 is 2.92 bits per heavy atom. The molecule has 0 aliphatic carbocycles. The summed E-state index contributed by atoms with van der Waals surface area (Å²) in [5.41, 5.74) is 1.09. The van der Waals surface area contributed by atoms with Crippen LogP contribution in [0.15, 0.2) is 36.0 Å². The zero-order valence-corrected chi connectivity index (χ0v) is 13.5. The second-order valence-corrected chi connectivity index (χ2v) is 5.64. The van der Waals surface area contributed by atoms with Crippen molar-refractivity contribution in [3.63, 3.8) is 0 Å². The lowest BCUT2D eigenvalue weighted by atomic mass is 10.2. The number of carboxylic acids is 1. The first-order valence-electron chi connectivity index (χ1n) is 7.10. The Bertz CT molecular complexity index is 923. The summed E-state index contributed by atoms with van der Waals surface area (Å²) >= 11 is 1.31. The summed E-state index contributed by atoms with van der Waals surface area (Å²) in [5, 5.41) is 14.4. The van der Waals surface area contributed by atoms with E-state index in [1.165, 1.54) is 29.8 Å². The summed E-state index contributed by atoms with van der Waals surface area (Å²) < 4.78 is 5.06. The van der Waals surface area contributed by atoms with Crippen molar-refractivity contribution in [2.75, 3.05) is 11.9 Å². The van der Waals surface area contributed by atoms with E-state index in [0.29, 0.717) is 27.3 Å². The van der Waals surface area contributed by atoms with Crippen LogP contribution in [0.3, 0.4) is 0 Å². The molecular formula is C16H13N3O4S. The van der Waals surface area contributed by atoms with Crippen LogP contribution in [-0.4, -0.2) is 33.6 Å². The maximum absolute atomic E-state index is 12.1. The SMILES string of the molecule is CCOC(=O)c1csc2ncnc(Nc3cccc(C(=O)O)c3)c12. The van der Waals surface area contributed by atoms with Gasteiger partial charge in [0.05, 0.1) is 23.1 Å². The molecule has 24 heavy (non-hydrogen) atoms. The lowest BCUT2D eigenvalue weighted by Gasteiger charge is -2.08. The lowest BCUT2D eigenvalue weighted by molar-refractivity contribution is 0.0528.